The summed E-state index contributed by atoms with van der Waals surface area (Å²) in [5.74, 6) is 0. The SMILES string of the molecule is BrCc1nc2sccn2c1Br. The molecule has 2 aromatic heterocycles. The predicted molar refractivity (Wildman–Crippen MR) is 53.4 cm³/mol. The number of imidazole rings is 1. The van der Waals surface area contributed by atoms with Crippen molar-refractivity contribution in [3.05, 3.63) is 21.9 Å². The molecule has 0 spiro atoms. The molecule has 2 heterocycles. The monoisotopic (exact) mass is 294 g/mol. The average molecular weight is 296 g/mol. The van der Waals surface area contributed by atoms with E-state index in [0.29, 0.717) is 0 Å². The first-order valence-electron chi connectivity index (χ1n) is 2.99. The van der Waals surface area contributed by atoms with Gasteiger partial charge in [-0.1, -0.05) is 15.9 Å². The van der Waals surface area contributed by atoms with Crippen LogP contribution in [0.1, 0.15) is 5.69 Å². The van der Waals surface area contributed by atoms with Crippen molar-refractivity contribution in [3.63, 3.8) is 0 Å². The van der Waals surface area contributed by atoms with Crippen LogP contribution in [0.3, 0.4) is 0 Å². The summed E-state index contributed by atoms with van der Waals surface area (Å²) in [5.41, 5.74) is 1.05. The van der Waals surface area contributed by atoms with Crippen LogP contribution >= 0.6 is 43.2 Å². The quantitative estimate of drug-likeness (QED) is 0.739. The molecule has 0 saturated carbocycles. The van der Waals surface area contributed by atoms with E-state index in [1.54, 1.807) is 11.3 Å². The second kappa shape index (κ2) is 2.88. The Morgan fingerprint density at radius 1 is 1.64 bits per heavy atom. The van der Waals surface area contributed by atoms with Crippen molar-refractivity contribution in [1.29, 1.82) is 0 Å². The topological polar surface area (TPSA) is 17.3 Å². The zero-order valence-electron chi connectivity index (χ0n) is 5.42. The van der Waals surface area contributed by atoms with Crippen LogP contribution in [0.25, 0.3) is 4.96 Å². The van der Waals surface area contributed by atoms with Gasteiger partial charge in [-0.05, 0) is 15.9 Å². The molecule has 0 radical (unpaired) electrons. The molecule has 5 heteroatoms. The van der Waals surface area contributed by atoms with Crippen molar-refractivity contribution < 1.29 is 0 Å². The molecule has 58 valence electrons. The summed E-state index contributed by atoms with van der Waals surface area (Å²) in [6.45, 7) is 0. The summed E-state index contributed by atoms with van der Waals surface area (Å²) in [6.07, 6.45) is 2.00. The van der Waals surface area contributed by atoms with Gasteiger partial charge in [0.05, 0.1) is 5.69 Å². The van der Waals surface area contributed by atoms with Gasteiger partial charge in [0.2, 0.25) is 0 Å². The highest BCUT2D eigenvalue weighted by atomic mass is 79.9. The van der Waals surface area contributed by atoms with E-state index in [-0.39, 0.29) is 0 Å². The molecule has 2 rings (SSSR count). The largest absolute Gasteiger partial charge is 0.284 e. The number of nitrogens with zero attached hydrogens (tertiary/aromatic N) is 2. The van der Waals surface area contributed by atoms with Gasteiger partial charge in [0.15, 0.2) is 4.96 Å². The summed E-state index contributed by atoms with van der Waals surface area (Å²) in [7, 11) is 0. The van der Waals surface area contributed by atoms with Crippen LogP contribution in [0.2, 0.25) is 0 Å². The first-order valence-corrected chi connectivity index (χ1v) is 5.78. The van der Waals surface area contributed by atoms with Crippen molar-refractivity contribution in [3.8, 4) is 0 Å². The third kappa shape index (κ3) is 1.15. The van der Waals surface area contributed by atoms with Crippen LogP contribution < -0.4 is 0 Å². The molecule has 0 aromatic carbocycles. The molecule has 2 nitrogen and oxygen atoms in total. The highest BCUT2D eigenvalue weighted by Gasteiger charge is 2.07. The van der Waals surface area contributed by atoms with Crippen LogP contribution in [0.15, 0.2) is 16.2 Å². The molecule has 0 saturated heterocycles. The first kappa shape index (κ1) is 7.76. The van der Waals surface area contributed by atoms with Gasteiger partial charge < -0.3 is 0 Å². The predicted octanol–water partition coefficient (Wildman–Crippen LogP) is 3.05. The summed E-state index contributed by atoms with van der Waals surface area (Å²) in [6, 6.07) is 0. The summed E-state index contributed by atoms with van der Waals surface area (Å²) >= 11 is 8.48. The van der Waals surface area contributed by atoms with E-state index in [4.69, 9.17) is 0 Å². The van der Waals surface area contributed by atoms with Crippen LogP contribution in [0, 0.1) is 0 Å². The number of hydrogen-bond donors (Lipinski definition) is 0. The zero-order chi connectivity index (χ0) is 7.84. The van der Waals surface area contributed by atoms with Crippen LogP contribution in [-0.4, -0.2) is 9.38 Å². The second-order valence-corrected chi connectivity index (χ2v) is 4.22. The van der Waals surface area contributed by atoms with E-state index in [0.717, 1.165) is 20.6 Å². The van der Waals surface area contributed by atoms with Gasteiger partial charge >= 0.3 is 0 Å². The Morgan fingerprint density at radius 3 is 3.09 bits per heavy atom. The maximum Gasteiger partial charge on any atom is 0.194 e. The lowest BCUT2D eigenvalue weighted by molar-refractivity contribution is 1.17. The van der Waals surface area contributed by atoms with E-state index in [2.05, 4.69) is 36.8 Å². The highest BCUT2D eigenvalue weighted by molar-refractivity contribution is 9.10. The van der Waals surface area contributed by atoms with E-state index in [9.17, 15) is 0 Å². The number of alkyl halides is 1. The van der Waals surface area contributed by atoms with Gasteiger partial charge in [0.1, 0.15) is 4.60 Å². The Bertz CT molecular complexity index is 379. The lowest BCUT2D eigenvalue weighted by atomic mass is 10.6. The van der Waals surface area contributed by atoms with E-state index in [1.165, 1.54) is 0 Å². The molecule has 2 aromatic rings. The fraction of sp³-hybridized carbons (Fsp3) is 0.167. The molecule has 11 heavy (non-hydrogen) atoms. The number of thiazole rings is 1. The fourth-order valence-electron chi connectivity index (χ4n) is 0.888. The van der Waals surface area contributed by atoms with Crippen molar-refractivity contribution in [2.24, 2.45) is 0 Å². The molecule has 0 amide bonds. The molecule has 0 bridgehead atoms. The molecule has 0 atom stereocenters. The number of aromatic nitrogens is 2. The fourth-order valence-corrected chi connectivity index (χ4v) is 3.02. The molecular weight excluding hydrogens is 292 g/mol. The van der Waals surface area contributed by atoms with Crippen molar-refractivity contribution in [2.45, 2.75) is 5.33 Å². The summed E-state index contributed by atoms with van der Waals surface area (Å²) in [4.78, 5) is 5.41. The number of rotatable bonds is 1. The molecule has 0 N–H and O–H groups in total. The Hall–Kier alpha value is 0.130. The standard InChI is InChI=1S/C6H4Br2N2S/c7-3-4-5(8)10-1-2-11-6(10)9-4/h1-2H,3H2. The van der Waals surface area contributed by atoms with Crippen molar-refractivity contribution in [1.82, 2.24) is 9.38 Å². The minimum atomic E-state index is 0.794. The minimum Gasteiger partial charge on any atom is -0.284 e. The van der Waals surface area contributed by atoms with Gasteiger partial charge in [0.25, 0.3) is 0 Å². The van der Waals surface area contributed by atoms with Crippen LogP contribution in [0.4, 0.5) is 0 Å². The van der Waals surface area contributed by atoms with E-state index >= 15 is 0 Å². The highest BCUT2D eigenvalue weighted by Crippen LogP contribution is 2.23. The number of fused-ring (bicyclic) bond motifs is 1. The van der Waals surface area contributed by atoms with Gasteiger partial charge in [-0.15, -0.1) is 11.3 Å². The number of halogens is 2. The smallest absolute Gasteiger partial charge is 0.194 e. The molecule has 0 aliphatic heterocycles. The molecule has 0 unspecified atom stereocenters. The lowest BCUT2D eigenvalue weighted by Crippen LogP contribution is -1.78. The Morgan fingerprint density at radius 2 is 2.45 bits per heavy atom. The van der Waals surface area contributed by atoms with Crippen LogP contribution in [-0.2, 0) is 5.33 Å². The van der Waals surface area contributed by atoms with E-state index < -0.39 is 0 Å². The van der Waals surface area contributed by atoms with Gasteiger partial charge in [-0.3, -0.25) is 4.40 Å². The normalized spacial score (nSPS) is 11.1. The van der Waals surface area contributed by atoms with E-state index in [1.807, 2.05) is 16.0 Å². The Labute approximate surface area is 84.5 Å². The molecule has 0 aliphatic rings. The van der Waals surface area contributed by atoms with Crippen LogP contribution in [0.5, 0.6) is 0 Å². The first-order chi connectivity index (χ1) is 5.33. The Kier molecular flexibility index (Phi) is 2.03. The molecule has 0 aliphatic carbocycles. The maximum absolute atomic E-state index is 4.38. The van der Waals surface area contributed by atoms with Crippen molar-refractivity contribution in [2.75, 3.05) is 0 Å². The third-order valence-corrected chi connectivity index (χ3v) is 3.52. The maximum atomic E-state index is 4.38. The average Bonchev–Trinajstić information content (AvgIpc) is 2.53. The molecular formula is C6H4Br2N2S. The summed E-state index contributed by atoms with van der Waals surface area (Å²) in [5, 5.41) is 2.81. The lowest BCUT2D eigenvalue weighted by Gasteiger charge is -1.87. The number of hydrogen-bond acceptors (Lipinski definition) is 2. The van der Waals surface area contributed by atoms with Gasteiger partial charge in [0, 0.05) is 16.9 Å². The summed E-state index contributed by atoms with van der Waals surface area (Å²) < 4.78 is 3.08. The molecule has 0 fully saturated rings. The van der Waals surface area contributed by atoms with Gasteiger partial charge in [-0.2, -0.15) is 0 Å². The second-order valence-electron chi connectivity index (χ2n) is 2.04. The third-order valence-electron chi connectivity index (χ3n) is 1.40. The zero-order valence-corrected chi connectivity index (χ0v) is 9.41. The Balaban J connectivity index is 2.76. The van der Waals surface area contributed by atoms with Crippen molar-refractivity contribution >= 4 is 48.2 Å². The van der Waals surface area contributed by atoms with Gasteiger partial charge in [-0.25, -0.2) is 4.98 Å². The minimum absolute atomic E-state index is 0.794.